The van der Waals surface area contributed by atoms with Gasteiger partial charge < -0.3 is 15.0 Å². The summed E-state index contributed by atoms with van der Waals surface area (Å²) in [4.78, 5) is 22.7. The van der Waals surface area contributed by atoms with E-state index >= 15 is 0 Å². The van der Waals surface area contributed by atoms with Crippen LogP contribution in [0.3, 0.4) is 0 Å². The van der Waals surface area contributed by atoms with Gasteiger partial charge in [0.25, 0.3) is 5.91 Å². The maximum absolute atomic E-state index is 12.0. The molecule has 1 aromatic heterocycles. The minimum absolute atomic E-state index is 0.0244. The molecule has 0 saturated carbocycles. The Kier molecular flexibility index (Phi) is 4.90. The second-order valence-electron chi connectivity index (χ2n) is 4.37. The first-order chi connectivity index (χ1) is 9.16. The summed E-state index contributed by atoms with van der Waals surface area (Å²) in [6.07, 6.45) is 2.07. The van der Waals surface area contributed by atoms with Gasteiger partial charge in [0, 0.05) is 13.2 Å². The van der Waals surface area contributed by atoms with Crippen molar-refractivity contribution in [3.8, 4) is 0 Å². The zero-order valence-electron chi connectivity index (χ0n) is 11.2. The number of hydrogen-bond acceptors (Lipinski definition) is 4. The Hall–Kier alpha value is -1.87. The van der Waals surface area contributed by atoms with Crippen LogP contribution in [0.4, 0.5) is 0 Å². The Morgan fingerprint density at radius 1 is 1.50 bits per heavy atom. The number of hydrogen-bond donors (Lipinski definition) is 3. The highest BCUT2D eigenvalue weighted by atomic mass is 32.2. The number of nitrogens with one attached hydrogen (secondary N) is 1. The predicted molar refractivity (Wildman–Crippen MR) is 70.6 cm³/mol. The lowest BCUT2D eigenvalue weighted by Crippen LogP contribution is -2.41. The van der Waals surface area contributed by atoms with E-state index < -0.39 is 27.9 Å². The summed E-state index contributed by atoms with van der Waals surface area (Å²) in [6.45, 7) is 1.80. The van der Waals surface area contributed by atoms with Crippen molar-refractivity contribution in [2.45, 2.75) is 30.7 Å². The van der Waals surface area contributed by atoms with Crippen molar-refractivity contribution in [2.24, 2.45) is 12.2 Å². The van der Waals surface area contributed by atoms with Crippen LogP contribution < -0.4 is 10.5 Å². The number of carboxylic acid groups (broad SMARTS) is 1. The third-order valence-corrected chi connectivity index (χ3v) is 3.60. The highest BCUT2D eigenvalue weighted by molar-refractivity contribution is 7.89. The summed E-state index contributed by atoms with van der Waals surface area (Å²) in [7, 11) is -2.44. The third-order valence-electron chi connectivity index (χ3n) is 2.72. The Bertz CT molecular complexity index is 620. The number of sulfonamides is 1. The Balaban J connectivity index is 2.98. The lowest BCUT2D eigenvalue weighted by Gasteiger charge is -2.13. The number of nitrogens with zero attached hydrogens (tertiary/aromatic N) is 1. The fourth-order valence-electron chi connectivity index (χ4n) is 1.69. The number of aryl methyl sites for hydroxylation is 1. The number of carboxylic acids is 1. The van der Waals surface area contributed by atoms with E-state index in [1.807, 2.05) is 0 Å². The van der Waals surface area contributed by atoms with Crippen LogP contribution in [0.5, 0.6) is 0 Å². The average molecular weight is 303 g/mol. The third kappa shape index (κ3) is 3.81. The summed E-state index contributed by atoms with van der Waals surface area (Å²) in [5.41, 5.74) is 0.0244. The standard InChI is InChI=1S/C11H17N3O5S/c1-3-4-8(11(16)17)13-10(15)9-5-7(6-14(9)2)20(12,18)19/h5-6,8H,3-4H2,1-2H3,(H,13,15)(H,16,17)(H2,12,18,19)/t8-/m1/s1. The van der Waals surface area contributed by atoms with Crippen molar-refractivity contribution in [1.82, 2.24) is 9.88 Å². The lowest BCUT2D eigenvalue weighted by atomic mass is 10.1. The van der Waals surface area contributed by atoms with Gasteiger partial charge in [0.15, 0.2) is 0 Å². The topological polar surface area (TPSA) is 131 Å². The van der Waals surface area contributed by atoms with Crippen LogP contribution >= 0.6 is 0 Å². The number of nitrogens with two attached hydrogens (primary N) is 1. The Labute approximate surface area is 116 Å². The van der Waals surface area contributed by atoms with Crippen LogP contribution in [0.15, 0.2) is 17.2 Å². The first kappa shape index (κ1) is 16.2. The van der Waals surface area contributed by atoms with Crippen LogP contribution in [0.25, 0.3) is 0 Å². The molecule has 1 aromatic rings. The van der Waals surface area contributed by atoms with Gasteiger partial charge in [0.1, 0.15) is 16.6 Å². The molecule has 0 radical (unpaired) electrons. The van der Waals surface area contributed by atoms with Crippen LogP contribution in [0.1, 0.15) is 30.3 Å². The SMILES string of the molecule is CCC[C@@H](NC(=O)c1cc(S(N)(=O)=O)cn1C)C(=O)O. The monoisotopic (exact) mass is 303 g/mol. The molecule has 1 rings (SSSR count). The normalized spacial score (nSPS) is 12.9. The zero-order chi connectivity index (χ0) is 15.5. The van der Waals surface area contributed by atoms with E-state index in [9.17, 15) is 18.0 Å². The molecule has 8 nitrogen and oxygen atoms in total. The van der Waals surface area contributed by atoms with Crippen molar-refractivity contribution in [3.63, 3.8) is 0 Å². The number of carbonyl (C=O) groups is 2. The lowest BCUT2D eigenvalue weighted by molar-refractivity contribution is -0.139. The van der Waals surface area contributed by atoms with Gasteiger partial charge in [-0.2, -0.15) is 0 Å². The summed E-state index contributed by atoms with van der Waals surface area (Å²) < 4.78 is 23.7. The van der Waals surface area contributed by atoms with Gasteiger partial charge in [0.2, 0.25) is 10.0 Å². The van der Waals surface area contributed by atoms with E-state index in [-0.39, 0.29) is 17.0 Å². The quantitative estimate of drug-likeness (QED) is 0.661. The first-order valence-corrected chi connectivity index (χ1v) is 7.44. The molecule has 20 heavy (non-hydrogen) atoms. The van der Waals surface area contributed by atoms with Crippen molar-refractivity contribution in [2.75, 3.05) is 0 Å². The molecule has 0 unspecified atom stereocenters. The molecule has 0 spiro atoms. The van der Waals surface area contributed by atoms with E-state index in [1.54, 1.807) is 6.92 Å². The van der Waals surface area contributed by atoms with Gasteiger partial charge in [-0.3, -0.25) is 4.79 Å². The van der Waals surface area contributed by atoms with E-state index in [2.05, 4.69) is 5.32 Å². The fraction of sp³-hybridized carbons (Fsp3) is 0.455. The van der Waals surface area contributed by atoms with Crippen LogP contribution in [0, 0.1) is 0 Å². The molecule has 0 aliphatic heterocycles. The molecule has 0 bridgehead atoms. The summed E-state index contributed by atoms with van der Waals surface area (Å²) in [5, 5.41) is 16.3. The van der Waals surface area contributed by atoms with E-state index in [0.717, 1.165) is 6.07 Å². The summed E-state index contributed by atoms with van der Waals surface area (Å²) in [5.74, 6) is -1.80. The fourth-order valence-corrected chi connectivity index (χ4v) is 2.27. The molecule has 0 saturated heterocycles. The first-order valence-electron chi connectivity index (χ1n) is 5.89. The van der Waals surface area contributed by atoms with Gasteiger partial charge >= 0.3 is 5.97 Å². The molecule has 0 fully saturated rings. The second kappa shape index (κ2) is 6.06. The summed E-state index contributed by atoms with van der Waals surface area (Å²) >= 11 is 0. The van der Waals surface area contributed by atoms with Crippen molar-refractivity contribution < 1.29 is 23.1 Å². The van der Waals surface area contributed by atoms with E-state index in [1.165, 1.54) is 17.8 Å². The predicted octanol–water partition coefficient (Wildman–Crippen LogP) is -0.344. The largest absolute Gasteiger partial charge is 0.480 e. The summed E-state index contributed by atoms with van der Waals surface area (Å²) in [6, 6.07) is 0.0931. The average Bonchev–Trinajstić information content (AvgIpc) is 2.70. The molecular weight excluding hydrogens is 286 g/mol. The van der Waals surface area contributed by atoms with Gasteiger partial charge in [-0.25, -0.2) is 18.4 Å². The van der Waals surface area contributed by atoms with E-state index in [4.69, 9.17) is 10.2 Å². The Morgan fingerprint density at radius 2 is 2.10 bits per heavy atom. The van der Waals surface area contributed by atoms with Gasteiger partial charge in [-0.05, 0) is 12.5 Å². The zero-order valence-corrected chi connectivity index (χ0v) is 12.0. The molecule has 1 heterocycles. The smallest absolute Gasteiger partial charge is 0.326 e. The molecule has 1 atom stereocenters. The number of aromatic nitrogens is 1. The number of aliphatic carboxylic acids is 1. The van der Waals surface area contributed by atoms with Crippen LogP contribution in [0.2, 0.25) is 0 Å². The molecule has 9 heteroatoms. The number of rotatable bonds is 6. The molecule has 1 amide bonds. The van der Waals surface area contributed by atoms with Crippen molar-refractivity contribution >= 4 is 21.9 Å². The minimum atomic E-state index is -3.91. The molecule has 0 aliphatic carbocycles. The molecule has 4 N–H and O–H groups in total. The molecule has 0 aliphatic rings. The molecule has 112 valence electrons. The minimum Gasteiger partial charge on any atom is -0.480 e. The van der Waals surface area contributed by atoms with Gasteiger partial charge in [-0.1, -0.05) is 13.3 Å². The second-order valence-corrected chi connectivity index (χ2v) is 5.93. The highest BCUT2D eigenvalue weighted by Gasteiger charge is 2.23. The molecule has 0 aromatic carbocycles. The van der Waals surface area contributed by atoms with E-state index in [0.29, 0.717) is 6.42 Å². The maximum Gasteiger partial charge on any atom is 0.326 e. The van der Waals surface area contributed by atoms with Crippen molar-refractivity contribution in [3.05, 3.63) is 18.0 Å². The maximum atomic E-state index is 12.0. The van der Waals surface area contributed by atoms with Crippen LogP contribution in [-0.2, 0) is 21.9 Å². The van der Waals surface area contributed by atoms with Crippen molar-refractivity contribution in [1.29, 1.82) is 0 Å². The number of carbonyl (C=O) groups excluding carboxylic acids is 1. The Morgan fingerprint density at radius 3 is 2.50 bits per heavy atom. The van der Waals surface area contributed by atoms with Gasteiger partial charge in [0.05, 0.1) is 0 Å². The molecular formula is C11H17N3O5S. The number of primary sulfonamides is 1. The highest BCUT2D eigenvalue weighted by Crippen LogP contribution is 2.12. The van der Waals surface area contributed by atoms with Gasteiger partial charge in [-0.15, -0.1) is 0 Å². The number of amides is 1. The van der Waals surface area contributed by atoms with Crippen LogP contribution in [-0.4, -0.2) is 36.0 Å².